The summed E-state index contributed by atoms with van der Waals surface area (Å²) in [4.78, 5) is 0. The van der Waals surface area contributed by atoms with Crippen LogP contribution in [0.5, 0.6) is 5.75 Å². The number of hydrogen-bond acceptors (Lipinski definition) is 7. The van der Waals surface area contributed by atoms with Crippen LogP contribution in [0.2, 0.25) is 0 Å². The molecule has 7 nitrogen and oxygen atoms in total. The zero-order valence-electron chi connectivity index (χ0n) is 24.4. The predicted molar refractivity (Wildman–Crippen MR) is 160 cm³/mol. The standard InChI is InChI=1S/C32H44NO6P/c1-31(2,3)39-40(34,38-26-25-35-4)37-24-14-8-13-23-33-32(27-15-9-6-10-16-27,28-17-11-7-12-18-28)29-19-21-30(36-5)22-20-29/h6-7,9-12,15-22,33H,8,13-14,23-26H2,1-5H3. The Balaban J connectivity index is 1.69. The van der Waals surface area contributed by atoms with Crippen LogP contribution in [0.3, 0.4) is 0 Å². The molecule has 218 valence electrons. The minimum atomic E-state index is -3.69. The molecule has 0 aliphatic heterocycles. The van der Waals surface area contributed by atoms with E-state index in [9.17, 15) is 4.57 Å². The Labute approximate surface area is 239 Å². The maximum atomic E-state index is 13.1. The van der Waals surface area contributed by atoms with Crippen LogP contribution in [0.4, 0.5) is 0 Å². The number of phosphoric acid groups is 1. The molecule has 0 saturated carbocycles. The molecule has 3 rings (SSSR count). The van der Waals surface area contributed by atoms with Crippen molar-refractivity contribution in [2.45, 2.75) is 51.2 Å². The third-order valence-corrected chi connectivity index (χ3v) is 8.09. The van der Waals surface area contributed by atoms with Gasteiger partial charge in [0.25, 0.3) is 0 Å². The highest BCUT2D eigenvalue weighted by molar-refractivity contribution is 7.48. The first-order valence-electron chi connectivity index (χ1n) is 13.8. The van der Waals surface area contributed by atoms with E-state index < -0.39 is 19.0 Å². The molecule has 3 aromatic rings. The molecule has 0 aliphatic rings. The molecular formula is C32H44NO6P. The molecule has 0 amide bonds. The van der Waals surface area contributed by atoms with Gasteiger partial charge >= 0.3 is 7.82 Å². The van der Waals surface area contributed by atoms with Gasteiger partial charge in [0.15, 0.2) is 0 Å². The van der Waals surface area contributed by atoms with Crippen LogP contribution >= 0.6 is 7.82 Å². The third-order valence-electron chi connectivity index (χ3n) is 6.32. The Kier molecular flexibility index (Phi) is 12.4. The second-order valence-corrected chi connectivity index (χ2v) is 12.1. The van der Waals surface area contributed by atoms with Gasteiger partial charge in [0.05, 0.1) is 38.1 Å². The van der Waals surface area contributed by atoms with Gasteiger partial charge in [-0.25, -0.2) is 4.57 Å². The summed E-state index contributed by atoms with van der Waals surface area (Å²) >= 11 is 0. The number of benzene rings is 3. The van der Waals surface area contributed by atoms with Crippen molar-refractivity contribution in [3.8, 4) is 5.75 Å². The largest absolute Gasteiger partial charge is 0.497 e. The minimum absolute atomic E-state index is 0.139. The molecule has 1 unspecified atom stereocenters. The SMILES string of the molecule is COCCOP(=O)(OCCCCCNC(c1ccccc1)(c1ccccc1)c1ccc(OC)cc1)OC(C)(C)C. The Bertz CT molecular complexity index is 1130. The van der Waals surface area contributed by atoms with Gasteiger partial charge in [0.1, 0.15) is 5.75 Å². The fraction of sp³-hybridized carbons (Fsp3) is 0.438. The van der Waals surface area contributed by atoms with Crippen LogP contribution in [0.25, 0.3) is 0 Å². The van der Waals surface area contributed by atoms with E-state index in [1.54, 1.807) is 14.2 Å². The summed E-state index contributed by atoms with van der Waals surface area (Å²) < 4.78 is 40.3. The van der Waals surface area contributed by atoms with Gasteiger partial charge in [-0.15, -0.1) is 0 Å². The van der Waals surface area contributed by atoms with E-state index in [4.69, 9.17) is 23.0 Å². The van der Waals surface area contributed by atoms with Crippen LogP contribution in [0.15, 0.2) is 84.9 Å². The topological polar surface area (TPSA) is 75.3 Å². The molecule has 1 atom stereocenters. The summed E-state index contributed by atoms with van der Waals surface area (Å²) in [6.45, 7) is 6.96. The number of phosphoric ester groups is 1. The van der Waals surface area contributed by atoms with E-state index in [-0.39, 0.29) is 13.2 Å². The van der Waals surface area contributed by atoms with Crippen LogP contribution in [0, 0.1) is 0 Å². The fourth-order valence-corrected chi connectivity index (χ4v) is 6.04. The summed E-state index contributed by atoms with van der Waals surface area (Å²) in [7, 11) is -0.444. The fourth-order valence-electron chi connectivity index (χ4n) is 4.54. The van der Waals surface area contributed by atoms with Gasteiger partial charge in [0.2, 0.25) is 0 Å². The van der Waals surface area contributed by atoms with Crippen molar-refractivity contribution in [1.29, 1.82) is 0 Å². The minimum Gasteiger partial charge on any atom is -0.497 e. The maximum Gasteiger partial charge on any atom is 0.475 e. The lowest BCUT2D eigenvalue weighted by Crippen LogP contribution is -2.45. The smallest absolute Gasteiger partial charge is 0.475 e. The van der Waals surface area contributed by atoms with E-state index in [2.05, 4.69) is 66.0 Å². The first-order chi connectivity index (χ1) is 19.2. The normalized spacial score (nSPS) is 13.6. The zero-order valence-corrected chi connectivity index (χ0v) is 25.3. The van der Waals surface area contributed by atoms with E-state index in [0.717, 1.165) is 48.2 Å². The monoisotopic (exact) mass is 569 g/mol. The van der Waals surface area contributed by atoms with Gasteiger partial charge in [0, 0.05) is 7.11 Å². The van der Waals surface area contributed by atoms with Crippen molar-refractivity contribution in [2.24, 2.45) is 0 Å². The van der Waals surface area contributed by atoms with Crippen LogP contribution in [-0.2, 0) is 28.4 Å². The molecule has 0 bridgehead atoms. The molecule has 0 aliphatic carbocycles. The number of methoxy groups -OCH3 is 2. The van der Waals surface area contributed by atoms with Gasteiger partial charge in [-0.3, -0.25) is 18.9 Å². The zero-order chi connectivity index (χ0) is 28.9. The van der Waals surface area contributed by atoms with E-state index in [0.29, 0.717) is 6.61 Å². The van der Waals surface area contributed by atoms with Crippen molar-refractivity contribution in [3.63, 3.8) is 0 Å². The highest BCUT2D eigenvalue weighted by Crippen LogP contribution is 2.52. The number of unbranched alkanes of at least 4 members (excludes halogenated alkanes) is 2. The number of rotatable bonds is 17. The quantitative estimate of drug-likeness (QED) is 0.103. The van der Waals surface area contributed by atoms with Gasteiger partial charge < -0.3 is 9.47 Å². The second kappa shape index (κ2) is 15.5. The molecular weight excluding hydrogens is 525 g/mol. The van der Waals surface area contributed by atoms with E-state index in [1.807, 2.05) is 45.0 Å². The van der Waals surface area contributed by atoms with Gasteiger partial charge in [-0.2, -0.15) is 0 Å². The van der Waals surface area contributed by atoms with Crippen molar-refractivity contribution < 1.29 is 27.6 Å². The highest BCUT2D eigenvalue weighted by atomic mass is 31.2. The third kappa shape index (κ3) is 9.27. The number of nitrogens with one attached hydrogen (secondary N) is 1. The van der Waals surface area contributed by atoms with Crippen LogP contribution < -0.4 is 10.1 Å². The lowest BCUT2D eigenvalue weighted by Gasteiger charge is -2.37. The molecule has 0 heterocycles. The summed E-state index contributed by atoms with van der Waals surface area (Å²) in [6, 6.07) is 29.2. The molecule has 8 heteroatoms. The Morgan fingerprint density at radius 3 is 1.75 bits per heavy atom. The molecule has 0 saturated heterocycles. The summed E-state index contributed by atoms with van der Waals surface area (Å²) in [5, 5.41) is 3.89. The highest BCUT2D eigenvalue weighted by Gasteiger charge is 2.36. The maximum absolute atomic E-state index is 13.1. The molecule has 0 spiro atoms. The van der Waals surface area contributed by atoms with Crippen molar-refractivity contribution in [1.82, 2.24) is 5.32 Å². The van der Waals surface area contributed by atoms with E-state index >= 15 is 0 Å². The first-order valence-corrected chi connectivity index (χ1v) is 15.3. The Morgan fingerprint density at radius 1 is 0.675 bits per heavy atom. The molecule has 0 aromatic heterocycles. The van der Waals surface area contributed by atoms with Crippen molar-refractivity contribution in [2.75, 3.05) is 40.6 Å². The summed E-state index contributed by atoms with van der Waals surface area (Å²) in [5.41, 5.74) is 2.23. The molecule has 40 heavy (non-hydrogen) atoms. The van der Waals surface area contributed by atoms with Crippen LogP contribution in [-0.4, -0.2) is 46.2 Å². The molecule has 0 radical (unpaired) electrons. The number of ether oxygens (including phenoxy) is 2. The lowest BCUT2D eigenvalue weighted by molar-refractivity contribution is 0.0320. The molecule has 0 fully saturated rings. The van der Waals surface area contributed by atoms with Crippen molar-refractivity contribution >= 4 is 7.82 Å². The van der Waals surface area contributed by atoms with E-state index in [1.165, 1.54) is 0 Å². The predicted octanol–water partition coefficient (Wildman–Crippen LogP) is 7.35. The average molecular weight is 570 g/mol. The lowest BCUT2D eigenvalue weighted by atomic mass is 9.77. The first kappa shape index (κ1) is 32.0. The number of hydrogen-bond donors (Lipinski definition) is 1. The average Bonchev–Trinajstić information content (AvgIpc) is 2.95. The Morgan fingerprint density at radius 2 is 1.23 bits per heavy atom. The van der Waals surface area contributed by atoms with Crippen molar-refractivity contribution in [3.05, 3.63) is 102 Å². The van der Waals surface area contributed by atoms with Gasteiger partial charge in [-0.1, -0.05) is 72.8 Å². The van der Waals surface area contributed by atoms with Gasteiger partial charge in [-0.05, 0) is 75.4 Å². The summed E-state index contributed by atoms with van der Waals surface area (Å²) in [5.74, 6) is 0.817. The summed E-state index contributed by atoms with van der Waals surface area (Å²) in [6.07, 6.45) is 2.50. The van der Waals surface area contributed by atoms with Crippen LogP contribution in [0.1, 0.15) is 56.7 Å². The molecule has 1 N–H and O–H groups in total. The Hall–Kier alpha value is -2.51. The molecule has 3 aromatic carbocycles. The second-order valence-electron chi connectivity index (χ2n) is 10.5.